The van der Waals surface area contributed by atoms with Crippen LogP contribution in [0.15, 0.2) is 24.3 Å². The molecule has 0 amide bonds. The summed E-state index contributed by atoms with van der Waals surface area (Å²) in [6.07, 6.45) is 0.984. The van der Waals surface area contributed by atoms with Crippen molar-refractivity contribution in [3.8, 4) is 5.75 Å². The summed E-state index contributed by atoms with van der Waals surface area (Å²) in [5, 5.41) is 3.05. The number of alkyl halides is 2. The van der Waals surface area contributed by atoms with Crippen LogP contribution in [0.3, 0.4) is 0 Å². The summed E-state index contributed by atoms with van der Waals surface area (Å²) in [6, 6.07) is 6.18. The fourth-order valence-corrected chi connectivity index (χ4v) is 1.32. The molecule has 1 N–H and O–H groups in total. The molecule has 4 nitrogen and oxygen atoms in total. The zero-order chi connectivity index (χ0) is 13.4. The predicted octanol–water partition coefficient (Wildman–Crippen LogP) is 2.65. The normalized spacial score (nSPS) is 10.2. The van der Waals surface area contributed by atoms with E-state index in [1.807, 2.05) is 0 Å². The standard InChI is InChI=1S/C12H15F2NO3/c1-17-11(16)3-2-8-15-9-4-6-10(7-5-9)18-12(13)14/h4-7,12,15H,2-3,8H2,1H3. The largest absolute Gasteiger partial charge is 0.469 e. The lowest BCUT2D eigenvalue weighted by Crippen LogP contribution is -2.06. The summed E-state index contributed by atoms with van der Waals surface area (Å²) >= 11 is 0. The Morgan fingerprint density at radius 3 is 2.56 bits per heavy atom. The smallest absolute Gasteiger partial charge is 0.387 e. The number of benzene rings is 1. The number of rotatable bonds is 7. The van der Waals surface area contributed by atoms with Gasteiger partial charge in [-0.15, -0.1) is 0 Å². The number of carbonyl (C=O) groups excluding carboxylic acids is 1. The highest BCUT2D eigenvalue weighted by molar-refractivity contribution is 5.69. The predicted molar refractivity (Wildman–Crippen MR) is 62.8 cm³/mol. The zero-order valence-corrected chi connectivity index (χ0v) is 9.99. The Hall–Kier alpha value is -1.85. The highest BCUT2D eigenvalue weighted by atomic mass is 19.3. The molecule has 0 saturated carbocycles. The third kappa shape index (κ3) is 5.47. The first-order valence-corrected chi connectivity index (χ1v) is 5.47. The Bertz CT molecular complexity index is 368. The van der Waals surface area contributed by atoms with Gasteiger partial charge in [-0.3, -0.25) is 4.79 Å². The van der Waals surface area contributed by atoms with E-state index in [4.69, 9.17) is 0 Å². The highest BCUT2D eigenvalue weighted by Crippen LogP contribution is 2.17. The van der Waals surface area contributed by atoms with E-state index >= 15 is 0 Å². The number of anilines is 1. The van der Waals surface area contributed by atoms with Gasteiger partial charge in [0.2, 0.25) is 0 Å². The molecule has 1 aromatic rings. The molecule has 0 aliphatic carbocycles. The lowest BCUT2D eigenvalue weighted by molar-refractivity contribution is -0.140. The minimum atomic E-state index is -2.82. The third-order valence-corrected chi connectivity index (χ3v) is 2.19. The number of halogens is 2. The van der Waals surface area contributed by atoms with Crippen LogP contribution < -0.4 is 10.1 Å². The Morgan fingerprint density at radius 2 is 2.00 bits per heavy atom. The van der Waals surface area contributed by atoms with Gasteiger partial charge >= 0.3 is 12.6 Å². The van der Waals surface area contributed by atoms with Gasteiger partial charge < -0.3 is 14.8 Å². The summed E-state index contributed by atoms with van der Waals surface area (Å²) in [5.74, 6) is -0.136. The number of hydrogen-bond donors (Lipinski definition) is 1. The van der Waals surface area contributed by atoms with Crippen LogP contribution in [-0.2, 0) is 9.53 Å². The van der Waals surface area contributed by atoms with Crippen molar-refractivity contribution in [3.05, 3.63) is 24.3 Å². The molecule has 0 bridgehead atoms. The molecule has 0 radical (unpaired) electrons. The maximum Gasteiger partial charge on any atom is 0.387 e. The second-order valence-electron chi connectivity index (χ2n) is 3.51. The average Bonchev–Trinajstić information content (AvgIpc) is 2.35. The molecule has 0 aliphatic rings. The molecule has 0 spiro atoms. The fourth-order valence-electron chi connectivity index (χ4n) is 1.32. The van der Waals surface area contributed by atoms with E-state index in [0.717, 1.165) is 5.69 Å². The lowest BCUT2D eigenvalue weighted by Gasteiger charge is -2.08. The molecule has 1 aromatic carbocycles. The van der Waals surface area contributed by atoms with Crippen molar-refractivity contribution in [1.82, 2.24) is 0 Å². The zero-order valence-electron chi connectivity index (χ0n) is 9.99. The molecule has 18 heavy (non-hydrogen) atoms. The average molecular weight is 259 g/mol. The van der Waals surface area contributed by atoms with Gasteiger partial charge in [-0.2, -0.15) is 8.78 Å². The summed E-state index contributed by atoms with van der Waals surface area (Å²) in [7, 11) is 1.34. The first-order valence-electron chi connectivity index (χ1n) is 5.47. The number of esters is 1. The number of methoxy groups -OCH3 is 1. The van der Waals surface area contributed by atoms with Crippen LogP contribution >= 0.6 is 0 Å². The summed E-state index contributed by atoms with van der Waals surface area (Å²) in [5.41, 5.74) is 0.779. The van der Waals surface area contributed by atoms with Gasteiger partial charge in [0, 0.05) is 18.7 Å². The fraction of sp³-hybridized carbons (Fsp3) is 0.417. The Balaban J connectivity index is 2.28. The quantitative estimate of drug-likeness (QED) is 0.604. The van der Waals surface area contributed by atoms with Crippen LogP contribution in [0.1, 0.15) is 12.8 Å². The topological polar surface area (TPSA) is 47.6 Å². The van der Waals surface area contributed by atoms with Crippen molar-refractivity contribution < 1.29 is 23.0 Å². The van der Waals surface area contributed by atoms with Crippen LogP contribution in [0.5, 0.6) is 5.75 Å². The minimum Gasteiger partial charge on any atom is -0.469 e. The molecule has 6 heteroatoms. The maximum atomic E-state index is 11.9. The van der Waals surface area contributed by atoms with Crippen LogP contribution in [-0.4, -0.2) is 26.2 Å². The van der Waals surface area contributed by atoms with Crippen molar-refractivity contribution in [2.75, 3.05) is 19.0 Å². The Labute approximate surface area is 104 Å². The van der Waals surface area contributed by atoms with Gasteiger partial charge in [0.15, 0.2) is 0 Å². The van der Waals surface area contributed by atoms with E-state index in [1.54, 1.807) is 12.1 Å². The van der Waals surface area contributed by atoms with Crippen molar-refractivity contribution in [2.24, 2.45) is 0 Å². The second kappa shape index (κ2) is 7.47. The SMILES string of the molecule is COC(=O)CCCNc1ccc(OC(F)F)cc1. The number of nitrogens with one attached hydrogen (secondary N) is 1. The van der Waals surface area contributed by atoms with Crippen molar-refractivity contribution in [2.45, 2.75) is 19.5 Å². The number of ether oxygens (including phenoxy) is 2. The molecule has 0 heterocycles. The number of hydrogen-bond acceptors (Lipinski definition) is 4. The van der Waals surface area contributed by atoms with Crippen molar-refractivity contribution >= 4 is 11.7 Å². The van der Waals surface area contributed by atoms with Gasteiger partial charge in [0.1, 0.15) is 5.75 Å². The van der Waals surface area contributed by atoms with Gasteiger partial charge in [-0.1, -0.05) is 0 Å². The number of carbonyl (C=O) groups is 1. The van der Waals surface area contributed by atoms with Crippen LogP contribution in [0.2, 0.25) is 0 Å². The van der Waals surface area contributed by atoms with E-state index < -0.39 is 6.61 Å². The molecular formula is C12H15F2NO3. The maximum absolute atomic E-state index is 11.9. The third-order valence-electron chi connectivity index (χ3n) is 2.19. The molecule has 0 saturated heterocycles. The van der Waals surface area contributed by atoms with Crippen LogP contribution in [0, 0.1) is 0 Å². The molecular weight excluding hydrogens is 244 g/mol. The molecule has 0 fully saturated rings. The molecule has 0 atom stereocenters. The molecule has 0 unspecified atom stereocenters. The first kappa shape index (κ1) is 14.2. The van der Waals surface area contributed by atoms with Crippen LogP contribution in [0.4, 0.5) is 14.5 Å². The van der Waals surface area contributed by atoms with Gasteiger partial charge in [-0.25, -0.2) is 0 Å². The Morgan fingerprint density at radius 1 is 1.33 bits per heavy atom. The van der Waals surface area contributed by atoms with Crippen molar-refractivity contribution in [1.29, 1.82) is 0 Å². The van der Waals surface area contributed by atoms with Gasteiger partial charge in [0.05, 0.1) is 7.11 Å². The molecule has 100 valence electrons. The van der Waals surface area contributed by atoms with E-state index in [2.05, 4.69) is 14.8 Å². The summed E-state index contributed by atoms with van der Waals surface area (Å²) < 4.78 is 32.5. The minimum absolute atomic E-state index is 0.116. The van der Waals surface area contributed by atoms with Gasteiger partial charge in [0.25, 0.3) is 0 Å². The molecule has 0 aromatic heterocycles. The van der Waals surface area contributed by atoms with E-state index in [-0.39, 0.29) is 11.7 Å². The lowest BCUT2D eigenvalue weighted by atomic mass is 10.2. The van der Waals surface area contributed by atoms with Gasteiger partial charge in [-0.05, 0) is 30.7 Å². The van der Waals surface area contributed by atoms with Crippen molar-refractivity contribution in [3.63, 3.8) is 0 Å². The summed E-state index contributed by atoms with van der Waals surface area (Å²) in [6.45, 7) is -2.21. The van der Waals surface area contributed by atoms with E-state index in [1.165, 1.54) is 19.2 Å². The van der Waals surface area contributed by atoms with E-state index in [9.17, 15) is 13.6 Å². The first-order chi connectivity index (χ1) is 8.61. The van der Waals surface area contributed by atoms with E-state index in [0.29, 0.717) is 19.4 Å². The Kier molecular flexibility index (Phi) is 5.90. The van der Waals surface area contributed by atoms with Crippen LogP contribution in [0.25, 0.3) is 0 Å². The highest BCUT2D eigenvalue weighted by Gasteiger charge is 2.03. The summed E-state index contributed by atoms with van der Waals surface area (Å²) in [4.78, 5) is 10.8. The molecule has 1 rings (SSSR count). The monoisotopic (exact) mass is 259 g/mol. The second-order valence-corrected chi connectivity index (χ2v) is 3.51. The molecule has 0 aliphatic heterocycles.